The number of piperidine rings is 1. The van der Waals surface area contributed by atoms with Gasteiger partial charge in [0.25, 0.3) is 0 Å². The lowest BCUT2D eigenvalue weighted by Crippen LogP contribution is -2.46. The number of carbonyl (C=O) groups is 1. The minimum absolute atomic E-state index is 0.0462. The normalized spacial score (nSPS) is 15.0. The molecule has 3 rings (SSSR count). The summed E-state index contributed by atoms with van der Waals surface area (Å²) in [5.74, 6) is 1.00. The summed E-state index contributed by atoms with van der Waals surface area (Å²) >= 11 is 0. The van der Waals surface area contributed by atoms with Gasteiger partial charge in [-0.05, 0) is 31.5 Å². The van der Waals surface area contributed by atoms with E-state index in [4.69, 9.17) is 4.74 Å². The molecule has 1 aromatic carbocycles. The van der Waals surface area contributed by atoms with Gasteiger partial charge in [-0.3, -0.25) is 0 Å². The first-order valence-corrected chi connectivity index (χ1v) is 8.76. The maximum absolute atomic E-state index is 12.9. The lowest BCUT2D eigenvalue weighted by molar-refractivity contribution is 0.107. The van der Waals surface area contributed by atoms with Crippen LogP contribution in [-0.4, -0.2) is 40.1 Å². The third-order valence-corrected chi connectivity index (χ3v) is 4.32. The minimum atomic E-state index is -0.281. The molecule has 0 radical (unpaired) electrons. The van der Waals surface area contributed by atoms with Crippen LogP contribution in [-0.2, 0) is 6.54 Å². The molecule has 138 valence electrons. The molecule has 0 spiro atoms. The number of hydrogen-bond donors (Lipinski definition) is 1. The molecule has 2 amide bonds. The first-order valence-electron chi connectivity index (χ1n) is 8.76. The van der Waals surface area contributed by atoms with Gasteiger partial charge in [0.1, 0.15) is 17.7 Å². The largest absolute Gasteiger partial charge is 0.474 e. The second kappa shape index (κ2) is 8.12. The Kier molecular flexibility index (Phi) is 5.65. The predicted octanol–water partition coefficient (Wildman–Crippen LogP) is 2.99. The van der Waals surface area contributed by atoms with Crippen LogP contribution in [0.25, 0.3) is 0 Å². The first-order chi connectivity index (χ1) is 12.5. The molecule has 7 heteroatoms. The van der Waals surface area contributed by atoms with Gasteiger partial charge in [-0.2, -0.15) is 4.98 Å². The standard InChI is InChI=1S/C19H23FN4O2/c1-13-11-18(23-14(2)22-13)26-17-7-9-24(10-8-17)19(25)21-12-15-3-5-16(20)6-4-15/h3-6,11,17H,7-10,12H2,1-2H3,(H,21,25). The number of amides is 2. The fraction of sp³-hybridized carbons (Fsp3) is 0.421. The Balaban J connectivity index is 1.45. The SMILES string of the molecule is Cc1cc(OC2CCN(C(=O)NCc3ccc(F)cc3)CC2)nc(C)n1. The van der Waals surface area contributed by atoms with E-state index in [0.717, 1.165) is 24.1 Å². The summed E-state index contributed by atoms with van der Waals surface area (Å²) in [4.78, 5) is 22.6. The van der Waals surface area contributed by atoms with Gasteiger partial charge in [-0.1, -0.05) is 12.1 Å². The number of rotatable bonds is 4. The third kappa shape index (κ3) is 4.91. The van der Waals surface area contributed by atoms with Crippen LogP contribution in [0.3, 0.4) is 0 Å². The second-order valence-electron chi connectivity index (χ2n) is 6.48. The fourth-order valence-corrected chi connectivity index (χ4v) is 2.98. The number of benzene rings is 1. The fourth-order valence-electron chi connectivity index (χ4n) is 2.98. The number of carbonyl (C=O) groups excluding carboxylic acids is 1. The van der Waals surface area contributed by atoms with E-state index >= 15 is 0 Å². The van der Waals surface area contributed by atoms with Crippen LogP contribution in [0, 0.1) is 19.7 Å². The summed E-state index contributed by atoms with van der Waals surface area (Å²) in [5, 5.41) is 2.87. The van der Waals surface area contributed by atoms with E-state index in [0.29, 0.717) is 31.3 Å². The Labute approximate surface area is 152 Å². The monoisotopic (exact) mass is 358 g/mol. The highest BCUT2D eigenvalue weighted by atomic mass is 19.1. The second-order valence-corrected chi connectivity index (χ2v) is 6.48. The lowest BCUT2D eigenvalue weighted by Gasteiger charge is -2.32. The number of ether oxygens (including phenoxy) is 1. The smallest absolute Gasteiger partial charge is 0.317 e. The van der Waals surface area contributed by atoms with E-state index < -0.39 is 0 Å². The van der Waals surface area contributed by atoms with Crippen molar-refractivity contribution in [2.75, 3.05) is 13.1 Å². The Morgan fingerprint density at radius 2 is 1.92 bits per heavy atom. The van der Waals surface area contributed by atoms with Crippen LogP contribution in [0.1, 0.15) is 29.9 Å². The molecular formula is C19H23FN4O2. The van der Waals surface area contributed by atoms with Gasteiger partial charge in [0.2, 0.25) is 5.88 Å². The Morgan fingerprint density at radius 1 is 1.23 bits per heavy atom. The molecule has 0 unspecified atom stereocenters. The van der Waals surface area contributed by atoms with Crippen LogP contribution >= 0.6 is 0 Å². The van der Waals surface area contributed by atoms with E-state index in [-0.39, 0.29) is 18.0 Å². The lowest BCUT2D eigenvalue weighted by atomic mass is 10.1. The zero-order valence-corrected chi connectivity index (χ0v) is 15.0. The van der Waals surface area contributed by atoms with Crippen molar-refractivity contribution in [1.82, 2.24) is 20.2 Å². The number of hydrogen-bond acceptors (Lipinski definition) is 4. The molecule has 0 atom stereocenters. The highest BCUT2D eigenvalue weighted by Crippen LogP contribution is 2.18. The van der Waals surface area contributed by atoms with Gasteiger partial charge >= 0.3 is 6.03 Å². The van der Waals surface area contributed by atoms with Gasteiger partial charge < -0.3 is 15.0 Å². The van der Waals surface area contributed by atoms with Gasteiger partial charge in [-0.25, -0.2) is 14.2 Å². The van der Waals surface area contributed by atoms with Crippen molar-refractivity contribution < 1.29 is 13.9 Å². The zero-order chi connectivity index (χ0) is 18.5. The van der Waals surface area contributed by atoms with E-state index in [1.807, 2.05) is 19.9 Å². The summed E-state index contributed by atoms with van der Waals surface area (Å²) in [6.45, 7) is 5.39. The van der Waals surface area contributed by atoms with Gasteiger partial charge in [0, 0.05) is 44.2 Å². The van der Waals surface area contributed by atoms with Crippen LogP contribution < -0.4 is 10.1 Å². The molecule has 6 nitrogen and oxygen atoms in total. The van der Waals surface area contributed by atoms with Crippen LogP contribution in [0.5, 0.6) is 5.88 Å². The summed E-state index contributed by atoms with van der Waals surface area (Å²) in [5.41, 5.74) is 1.75. The van der Waals surface area contributed by atoms with E-state index in [1.165, 1.54) is 12.1 Å². The molecule has 2 aromatic rings. The molecule has 26 heavy (non-hydrogen) atoms. The Bertz CT molecular complexity index is 738. The predicted molar refractivity (Wildman–Crippen MR) is 95.4 cm³/mol. The molecule has 1 aromatic heterocycles. The number of halogens is 1. The van der Waals surface area contributed by atoms with E-state index in [1.54, 1.807) is 17.0 Å². The number of urea groups is 1. The molecule has 1 aliphatic rings. The molecule has 1 fully saturated rings. The van der Waals surface area contributed by atoms with Crippen LogP contribution in [0.4, 0.5) is 9.18 Å². The van der Waals surface area contributed by atoms with Crippen molar-refractivity contribution in [3.63, 3.8) is 0 Å². The summed E-state index contributed by atoms with van der Waals surface area (Å²) in [6.07, 6.45) is 1.56. The minimum Gasteiger partial charge on any atom is -0.474 e. The van der Waals surface area contributed by atoms with Crippen molar-refractivity contribution in [2.45, 2.75) is 39.3 Å². The van der Waals surface area contributed by atoms with Gasteiger partial charge in [0.15, 0.2) is 0 Å². The molecule has 1 N–H and O–H groups in total. The van der Waals surface area contributed by atoms with E-state index in [2.05, 4.69) is 15.3 Å². The topological polar surface area (TPSA) is 67.3 Å². The summed E-state index contributed by atoms with van der Waals surface area (Å²) in [6, 6.07) is 7.83. The zero-order valence-electron chi connectivity index (χ0n) is 15.0. The number of nitrogens with zero attached hydrogens (tertiary/aromatic N) is 3. The average Bonchev–Trinajstić information content (AvgIpc) is 2.61. The summed E-state index contributed by atoms with van der Waals surface area (Å²) in [7, 11) is 0. The molecule has 0 aliphatic carbocycles. The average molecular weight is 358 g/mol. The molecule has 2 heterocycles. The van der Waals surface area contributed by atoms with Crippen molar-refractivity contribution in [2.24, 2.45) is 0 Å². The number of likely N-dealkylation sites (tertiary alicyclic amines) is 1. The van der Waals surface area contributed by atoms with Crippen molar-refractivity contribution in [1.29, 1.82) is 0 Å². The molecule has 1 aliphatic heterocycles. The van der Waals surface area contributed by atoms with E-state index in [9.17, 15) is 9.18 Å². The number of nitrogens with one attached hydrogen (secondary N) is 1. The molecule has 1 saturated heterocycles. The van der Waals surface area contributed by atoms with Crippen molar-refractivity contribution >= 4 is 6.03 Å². The quantitative estimate of drug-likeness (QED) is 0.912. The van der Waals surface area contributed by atoms with Crippen molar-refractivity contribution in [3.05, 3.63) is 53.2 Å². The molecule has 0 bridgehead atoms. The maximum atomic E-state index is 12.9. The van der Waals surface area contributed by atoms with Gasteiger partial charge in [0.05, 0.1) is 0 Å². The maximum Gasteiger partial charge on any atom is 0.317 e. The highest BCUT2D eigenvalue weighted by Gasteiger charge is 2.24. The Hall–Kier alpha value is -2.70. The first kappa shape index (κ1) is 18.1. The number of aryl methyl sites for hydroxylation is 2. The number of aromatic nitrogens is 2. The summed E-state index contributed by atoms with van der Waals surface area (Å²) < 4.78 is 18.8. The van der Waals surface area contributed by atoms with Crippen molar-refractivity contribution in [3.8, 4) is 5.88 Å². The van der Waals surface area contributed by atoms with Gasteiger partial charge in [-0.15, -0.1) is 0 Å². The highest BCUT2D eigenvalue weighted by molar-refractivity contribution is 5.74. The third-order valence-electron chi connectivity index (χ3n) is 4.32. The van der Waals surface area contributed by atoms with Crippen LogP contribution in [0.2, 0.25) is 0 Å². The Morgan fingerprint density at radius 3 is 2.58 bits per heavy atom. The molecular weight excluding hydrogens is 335 g/mol. The molecule has 0 saturated carbocycles. The van der Waals surface area contributed by atoms with Crippen LogP contribution in [0.15, 0.2) is 30.3 Å².